The van der Waals surface area contributed by atoms with E-state index in [1.165, 1.54) is 6.07 Å². The zero-order valence-corrected chi connectivity index (χ0v) is 15.1. The van der Waals surface area contributed by atoms with Crippen LogP contribution in [-0.2, 0) is 9.84 Å². The quantitative estimate of drug-likeness (QED) is 0.876. The first kappa shape index (κ1) is 17.3. The van der Waals surface area contributed by atoms with Crippen molar-refractivity contribution in [2.45, 2.75) is 51.3 Å². The number of sulfone groups is 1. The zero-order valence-electron chi connectivity index (χ0n) is 14.3. The second kappa shape index (κ2) is 5.57. The van der Waals surface area contributed by atoms with Crippen LogP contribution in [0.4, 0.5) is 0 Å². The fourth-order valence-electron chi connectivity index (χ4n) is 2.84. The average Bonchev–Trinajstić information content (AvgIpc) is 2.42. The number of benzene rings is 2. The van der Waals surface area contributed by atoms with Crippen molar-refractivity contribution >= 4 is 9.84 Å². The van der Waals surface area contributed by atoms with Crippen LogP contribution in [0.1, 0.15) is 33.4 Å². The van der Waals surface area contributed by atoms with E-state index in [1.807, 2.05) is 13.8 Å². The summed E-state index contributed by atoms with van der Waals surface area (Å²) in [6.07, 6.45) is 0. The van der Waals surface area contributed by atoms with Gasteiger partial charge in [0.05, 0.1) is 0 Å². The average molecular weight is 334 g/mol. The molecule has 0 aliphatic rings. The molecule has 0 aliphatic heterocycles. The van der Waals surface area contributed by atoms with Crippen molar-refractivity contribution < 1.29 is 18.6 Å². The lowest BCUT2D eigenvalue weighted by Crippen LogP contribution is -2.10. The van der Waals surface area contributed by atoms with Crippen molar-refractivity contribution in [3.8, 4) is 11.5 Å². The van der Waals surface area contributed by atoms with Crippen LogP contribution in [0.2, 0.25) is 0 Å². The molecule has 0 radical (unpaired) electrons. The number of aryl methyl sites for hydroxylation is 3. The summed E-state index contributed by atoms with van der Waals surface area (Å²) in [6.45, 7) is 10.4. The van der Waals surface area contributed by atoms with Gasteiger partial charge < -0.3 is 10.2 Å². The highest BCUT2D eigenvalue weighted by atomic mass is 32.2. The Labute approximate surface area is 137 Å². The molecule has 2 aromatic carbocycles. The van der Waals surface area contributed by atoms with Crippen LogP contribution in [0.15, 0.2) is 21.9 Å². The molecule has 0 spiro atoms. The van der Waals surface area contributed by atoms with Gasteiger partial charge in [-0.25, -0.2) is 8.42 Å². The second-order valence-electron chi connectivity index (χ2n) is 6.11. The highest BCUT2D eigenvalue weighted by molar-refractivity contribution is 7.91. The van der Waals surface area contributed by atoms with Crippen LogP contribution in [0.5, 0.6) is 11.5 Å². The van der Waals surface area contributed by atoms with Gasteiger partial charge in [0.15, 0.2) is 0 Å². The summed E-state index contributed by atoms with van der Waals surface area (Å²) in [7, 11) is -4.05. The Kier molecular flexibility index (Phi) is 4.20. The molecular formula is C18H22O4S. The third-order valence-corrected chi connectivity index (χ3v) is 6.66. The summed E-state index contributed by atoms with van der Waals surface area (Å²) < 4.78 is 26.3. The molecule has 5 heteroatoms. The second-order valence-corrected chi connectivity index (χ2v) is 7.93. The van der Waals surface area contributed by atoms with Crippen molar-refractivity contribution in [2.24, 2.45) is 0 Å². The van der Waals surface area contributed by atoms with Crippen LogP contribution in [0.25, 0.3) is 0 Å². The lowest BCUT2D eigenvalue weighted by molar-refractivity contribution is 0.448. The van der Waals surface area contributed by atoms with Crippen LogP contribution < -0.4 is 0 Å². The molecule has 23 heavy (non-hydrogen) atoms. The molecule has 4 nitrogen and oxygen atoms in total. The third-order valence-electron chi connectivity index (χ3n) is 4.57. The number of hydrogen-bond donors (Lipinski definition) is 2. The highest BCUT2D eigenvalue weighted by Gasteiger charge is 2.31. The fourth-order valence-corrected chi connectivity index (χ4v) is 4.92. The molecule has 0 bridgehead atoms. The maximum atomic E-state index is 13.2. The van der Waals surface area contributed by atoms with Crippen LogP contribution in [-0.4, -0.2) is 18.6 Å². The monoisotopic (exact) mass is 334 g/mol. The predicted molar refractivity (Wildman–Crippen MR) is 90.1 cm³/mol. The van der Waals surface area contributed by atoms with Gasteiger partial charge in [-0.3, -0.25) is 0 Å². The first-order chi connectivity index (χ1) is 10.5. The fraction of sp³-hybridized carbons (Fsp3) is 0.333. The van der Waals surface area contributed by atoms with Gasteiger partial charge in [0.25, 0.3) is 0 Å². The smallest absolute Gasteiger partial charge is 0.214 e. The van der Waals surface area contributed by atoms with Crippen LogP contribution in [0.3, 0.4) is 0 Å². The predicted octanol–water partition coefficient (Wildman–Crippen LogP) is 3.78. The van der Waals surface area contributed by atoms with Crippen molar-refractivity contribution in [2.75, 3.05) is 0 Å². The van der Waals surface area contributed by atoms with E-state index in [9.17, 15) is 18.6 Å². The molecule has 2 rings (SSSR count). The van der Waals surface area contributed by atoms with Crippen molar-refractivity contribution in [3.63, 3.8) is 0 Å². The van der Waals surface area contributed by atoms with Gasteiger partial charge in [0.2, 0.25) is 9.84 Å². The molecule has 0 aromatic heterocycles. The van der Waals surface area contributed by atoms with Gasteiger partial charge in [-0.2, -0.15) is 0 Å². The van der Waals surface area contributed by atoms with Crippen LogP contribution >= 0.6 is 0 Å². The molecule has 0 fully saturated rings. The third kappa shape index (κ3) is 2.59. The first-order valence-electron chi connectivity index (χ1n) is 7.34. The Bertz CT molecular complexity index is 883. The SMILES string of the molecule is Cc1cc(O)c(S(=O)(=O)c2c(C)c(C)cc(C)c2O)c(C)c1C. The van der Waals surface area contributed by atoms with Gasteiger partial charge in [-0.1, -0.05) is 6.07 Å². The zero-order chi connectivity index (χ0) is 17.7. The van der Waals surface area contributed by atoms with Gasteiger partial charge in [0.1, 0.15) is 21.3 Å². The van der Waals surface area contributed by atoms with E-state index in [2.05, 4.69) is 0 Å². The summed E-state index contributed by atoms with van der Waals surface area (Å²) in [6, 6.07) is 3.20. The molecule has 0 aliphatic carbocycles. The molecular weight excluding hydrogens is 312 g/mol. The summed E-state index contributed by atoms with van der Waals surface area (Å²) in [4.78, 5) is -0.263. The normalized spacial score (nSPS) is 11.7. The standard InChI is InChI=1S/C18H22O4S/c1-9-7-11(3)16(20)18(13(9)5)23(21,22)17-14(6)12(4)10(2)8-15(17)19/h7-8,19-20H,1-6H3. The summed E-state index contributed by atoms with van der Waals surface area (Å²) in [5.41, 5.74) is 3.89. The van der Waals surface area contributed by atoms with Gasteiger partial charge in [-0.15, -0.1) is 0 Å². The van der Waals surface area contributed by atoms with E-state index in [4.69, 9.17) is 0 Å². The number of phenolic OH excluding ortho intramolecular Hbond substituents is 2. The minimum absolute atomic E-state index is 0.128. The molecule has 124 valence electrons. The molecule has 0 amide bonds. The molecule has 0 unspecified atom stereocenters. The van der Waals surface area contributed by atoms with E-state index >= 15 is 0 Å². The van der Waals surface area contributed by atoms with Crippen molar-refractivity contribution in [1.29, 1.82) is 0 Å². The Morgan fingerprint density at radius 3 is 1.78 bits per heavy atom. The molecule has 2 N–H and O–H groups in total. The van der Waals surface area contributed by atoms with Crippen molar-refractivity contribution in [3.05, 3.63) is 45.5 Å². The van der Waals surface area contributed by atoms with Gasteiger partial charge >= 0.3 is 0 Å². The number of phenols is 2. The minimum Gasteiger partial charge on any atom is -0.507 e. The Morgan fingerprint density at radius 1 is 0.696 bits per heavy atom. The molecule has 2 aromatic rings. The van der Waals surface area contributed by atoms with E-state index < -0.39 is 9.84 Å². The molecule has 0 saturated heterocycles. The Balaban J connectivity index is 2.94. The summed E-state index contributed by atoms with van der Waals surface area (Å²) >= 11 is 0. The maximum Gasteiger partial charge on any atom is 0.214 e. The summed E-state index contributed by atoms with van der Waals surface area (Å²) in [5.74, 6) is -0.548. The lowest BCUT2D eigenvalue weighted by Gasteiger charge is -2.18. The lowest BCUT2D eigenvalue weighted by atomic mass is 10.0. The highest BCUT2D eigenvalue weighted by Crippen LogP contribution is 2.41. The maximum absolute atomic E-state index is 13.2. The number of aromatic hydroxyl groups is 2. The minimum atomic E-state index is -4.05. The van der Waals surface area contributed by atoms with E-state index in [1.54, 1.807) is 33.8 Å². The molecule has 0 saturated carbocycles. The topological polar surface area (TPSA) is 74.6 Å². The first-order valence-corrected chi connectivity index (χ1v) is 8.83. The van der Waals surface area contributed by atoms with Gasteiger partial charge in [-0.05, 0) is 81.0 Å². The Morgan fingerprint density at radius 2 is 1.22 bits per heavy atom. The molecule has 0 atom stereocenters. The molecule has 0 heterocycles. The largest absolute Gasteiger partial charge is 0.507 e. The number of hydrogen-bond acceptors (Lipinski definition) is 4. The van der Waals surface area contributed by atoms with E-state index in [0.29, 0.717) is 16.7 Å². The van der Waals surface area contributed by atoms with Crippen LogP contribution in [0, 0.1) is 41.5 Å². The van der Waals surface area contributed by atoms with E-state index in [0.717, 1.165) is 16.7 Å². The Hall–Kier alpha value is -2.01. The van der Waals surface area contributed by atoms with Crippen molar-refractivity contribution in [1.82, 2.24) is 0 Å². The van der Waals surface area contributed by atoms with E-state index in [-0.39, 0.29) is 21.3 Å². The summed E-state index contributed by atoms with van der Waals surface area (Å²) in [5, 5.41) is 20.6. The van der Waals surface area contributed by atoms with Gasteiger partial charge in [0, 0.05) is 0 Å². The number of rotatable bonds is 2.